The summed E-state index contributed by atoms with van der Waals surface area (Å²) in [5.41, 5.74) is 5.68. The van der Waals surface area contributed by atoms with Crippen molar-refractivity contribution < 1.29 is 4.79 Å². The number of nitriles is 1. The minimum atomic E-state index is -0.118. The van der Waals surface area contributed by atoms with E-state index in [4.69, 9.17) is 10.2 Å². The molecule has 1 amide bonds. The summed E-state index contributed by atoms with van der Waals surface area (Å²) in [4.78, 5) is 19.5. The molecule has 0 aliphatic heterocycles. The Morgan fingerprint density at radius 3 is 2.67 bits per heavy atom. The first-order valence-electron chi connectivity index (χ1n) is 8.99. The lowest BCUT2D eigenvalue weighted by molar-refractivity contribution is 0.0813. The van der Waals surface area contributed by atoms with Gasteiger partial charge in [0.15, 0.2) is 0 Å². The molecule has 0 fully saturated rings. The molecule has 1 aliphatic rings. The maximum atomic E-state index is 13.1. The van der Waals surface area contributed by atoms with Crippen LogP contribution in [0.2, 0.25) is 0 Å². The van der Waals surface area contributed by atoms with Crippen LogP contribution < -0.4 is 0 Å². The standard InChI is InChI=1S/C23H19N3O/c1-26(14-13-24)23(27)21-18-9-5-6-10-20(18)25-22-17(11-12-19(21)22)15-16-7-3-2-4-8-16/h2-10,15H,11-12,14H2,1H3/b17-15+. The molecular weight excluding hydrogens is 334 g/mol. The van der Waals surface area contributed by atoms with E-state index in [1.54, 1.807) is 7.05 Å². The van der Waals surface area contributed by atoms with Crippen LogP contribution >= 0.6 is 0 Å². The molecule has 0 saturated heterocycles. The molecule has 3 aromatic rings. The quantitative estimate of drug-likeness (QED) is 0.659. The van der Waals surface area contributed by atoms with Crippen molar-refractivity contribution in [3.63, 3.8) is 0 Å². The zero-order chi connectivity index (χ0) is 18.8. The summed E-state index contributed by atoms with van der Waals surface area (Å²) in [5, 5.41) is 9.83. The van der Waals surface area contributed by atoms with Gasteiger partial charge in [-0.15, -0.1) is 0 Å². The first-order valence-corrected chi connectivity index (χ1v) is 8.99. The van der Waals surface area contributed by atoms with E-state index in [-0.39, 0.29) is 12.5 Å². The van der Waals surface area contributed by atoms with Crippen molar-refractivity contribution in [2.75, 3.05) is 13.6 Å². The Bertz CT molecular complexity index is 1090. The third-order valence-corrected chi connectivity index (χ3v) is 4.95. The number of benzene rings is 2. The second kappa shape index (κ2) is 7.05. The lowest BCUT2D eigenvalue weighted by Crippen LogP contribution is -2.28. The maximum Gasteiger partial charge on any atom is 0.255 e. The molecule has 1 aliphatic carbocycles. The van der Waals surface area contributed by atoms with Crippen LogP contribution in [0.5, 0.6) is 0 Å². The van der Waals surface area contributed by atoms with Gasteiger partial charge in [0, 0.05) is 12.4 Å². The lowest BCUT2D eigenvalue weighted by Gasteiger charge is -2.17. The number of fused-ring (bicyclic) bond motifs is 2. The molecule has 0 radical (unpaired) electrons. The van der Waals surface area contributed by atoms with Crippen molar-refractivity contribution in [1.29, 1.82) is 5.26 Å². The second-order valence-electron chi connectivity index (χ2n) is 6.73. The Morgan fingerprint density at radius 1 is 1.15 bits per heavy atom. The van der Waals surface area contributed by atoms with Gasteiger partial charge in [0.2, 0.25) is 0 Å². The number of carbonyl (C=O) groups is 1. The Kier molecular flexibility index (Phi) is 4.43. The number of pyridine rings is 1. The molecule has 0 unspecified atom stereocenters. The van der Waals surface area contributed by atoms with Crippen LogP contribution in [-0.4, -0.2) is 29.4 Å². The molecule has 1 aromatic heterocycles. The van der Waals surface area contributed by atoms with E-state index in [1.165, 1.54) is 4.90 Å². The van der Waals surface area contributed by atoms with Crippen molar-refractivity contribution in [3.05, 3.63) is 77.0 Å². The highest BCUT2D eigenvalue weighted by Gasteiger charge is 2.28. The van der Waals surface area contributed by atoms with Crippen molar-refractivity contribution in [1.82, 2.24) is 9.88 Å². The fourth-order valence-corrected chi connectivity index (χ4v) is 3.64. The van der Waals surface area contributed by atoms with Crippen LogP contribution in [0.25, 0.3) is 22.6 Å². The third kappa shape index (κ3) is 3.09. The molecule has 4 rings (SSSR count). The molecule has 0 bridgehead atoms. The van der Waals surface area contributed by atoms with Crippen LogP contribution in [0.3, 0.4) is 0 Å². The molecule has 4 nitrogen and oxygen atoms in total. The zero-order valence-electron chi connectivity index (χ0n) is 15.1. The highest BCUT2D eigenvalue weighted by Crippen LogP contribution is 2.37. The van der Waals surface area contributed by atoms with Crippen molar-refractivity contribution in [3.8, 4) is 6.07 Å². The molecule has 0 saturated carbocycles. The number of allylic oxidation sites excluding steroid dienone is 1. The zero-order valence-corrected chi connectivity index (χ0v) is 15.1. The van der Waals surface area contributed by atoms with Gasteiger partial charge in [-0.2, -0.15) is 5.26 Å². The normalized spacial score (nSPS) is 14.1. The third-order valence-electron chi connectivity index (χ3n) is 4.95. The fourth-order valence-electron chi connectivity index (χ4n) is 3.64. The highest BCUT2D eigenvalue weighted by atomic mass is 16.2. The van der Waals surface area contributed by atoms with E-state index in [1.807, 2.05) is 42.5 Å². The molecule has 0 atom stereocenters. The van der Waals surface area contributed by atoms with Crippen LogP contribution in [0.15, 0.2) is 54.6 Å². The van der Waals surface area contributed by atoms with Gasteiger partial charge in [0.25, 0.3) is 5.91 Å². The number of para-hydroxylation sites is 1. The number of hydrogen-bond acceptors (Lipinski definition) is 3. The highest BCUT2D eigenvalue weighted by molar-refractivity contribution is 6.09. The average Bonchev–Trinajstić information content (AvgIpc) is 3.09. The van der Waals surface area contributed by atoms with Crippen LogP contribution in [0.1, 0.15) is 33.6 Å². The van der Waals surface area contributed by atoms with Crippen molar-refractivity contribution >= 4 is 28.5 Å². The molecule has 2 aromatic carbocycles. The van der Waals surface area contributed by atoms with E-state index < -0.39 is 0 Å². The molecule has 0 N–H and O–H groups in total. The molecule has 4 heteroatoms. The maximum absolute atomic E-state index is 13.1. The predicted octanol–water partition coefficient (Wildman–Crippen LogP) is 4.32. The van der Waals surface area contributed by atoms with Gasteiger partial charge in [0.1, 0.15) is 6.54 Å². The Balaban J connectivity index is 1.91. The SMILES string of the molecule is CN(CC#N)C(=O)c1c2c(nc3ccccc13)/C(=C/c1ccccc1)CC2. The Hall–Kier alpha value is -3.45. The number of carbonyl (C=O) groups excluding carboxylic acids is 1. The Morgan fingerprint density at radius 2 is 1.89 bits per heavy atom. The van der Waals surface area contributed by atoms with Gasteiger partial charge >= 0.3 is 0 Å². The summed E-state index contributed by atoms with van der Waals surface area (Å²) in [6.45, 7) is 0.0664. The number of hydrogen-bond donors (Lipinski definition) is 0. The lowest BCUT2D eigenvalue weighted by atomic mass is 9.99. The van der Waals surface area contributed by atoms with E-state index in [0.29, 0.717) is 5.56 Å². The molecule has 0 spiro atoms. The van der Waals surface area contributed by atoms with E-state index in [0.717, 1.165) is 46.1 Å². The summed E-state index contributed by atoms with van der Waals surface area (Å²) in [7, 11) is 1.67. The fraction of sp³-hybridized carbons (Fsp3) is 0.174. The first kappa shape index (κ1) is 17.0. The van der Waals surface area contributed by atoms with Gasteiger partial charge in [-0.3, -0.25) is 4.79 Å². The minimum absolute atomic E-state index is 0.0664. The van der Waals surface area contributed by atoms with E-state index in [9.17, 15) is 4.79 Å². The Labute approximate surface area is 158 Å². The molecule has 1 heterocycles. The van der Waals surface area contributed by atoms with Crippen LogP contribution in [0, 0.1) is 11.3 Å². The largest absolute Gasteiger partial charge is 0.328 e. The monoisotopic (exact) mass is 353 g/mol. The van der Waals surface area contributed by atoms with Gasteiger partial charge in [-0.25, -0.2) is 4.98 Å². The average molecular weight is 353 g/mol. The molecule has 27 heavy (non-hydrogen) atoms. The van der Waals surface area contributed by atoms with Gasteiger partial charge < -0.3 is 4.90 Å². The topological polar surface area (TPSA) is 57.0 Å². The number of aromatic nitrogens is 1. The molecule has 132 valence electrons. The predicted molar refractivity (Wildman–Crippen MR) is 107 cm³/mol. The van der Waals surface area contributed by atoms with Crippen LogP contribution in [0.4, 0.5) is 0 Å². The van der Waals surface area contributed by atoms with Gasteiger partial charge in [-0.1, -0.05) is 48.5 Å². The van der Waals surface area contributed by atoms with E-state index in [2.05, 4.69) is 24.3 Å². The summed E-state index contributed by atoms with van der Waals surface area (Å²) >= 11 is 0. The minimum Gasteiger partial charge on any atom is -0.328 e. The van der Waals surface area contributed by atoms with Gasteiger partial charge in [-0.05, 0) is 41.7 Å². The van der Waals surface area contributed by atoms with E-state index >= 15 is 0 Å². The summed E-state index contributed by atoms with van der Waals surface area (Å²) < 4.78 is 0. The number of amides is 1. The van der Waals surface area contributed by atoms with Crippen molar-refractivity contribution in [2.24, 2.45) is 0 Å². The number of rotatable bonds is 3. The number of nitrogens with zero attached hydrogens (tertiary/aromatic N) is 3. The van der Waals surface area contributed by atoms with Gasteiger partial charge in [0.05, 0.1) is 22.8 Å². The summed E-state index contributed by atoms with van der Waals surface area (Å²) in [6, 6.07) is 20.0. The summed E-state index contributed by atoms with van der Waals surface area (Å²) in [6.07, 6.45) is 3.80. The first-order chi connectivity index (χ1) is 13.2. The summed E-state index contributed by atoms with van der Waals surface area (Å²) in [5.74, 6) is -0.118. The second-order valence-corrected chi connectivity index (χ2v) is 6.73. The smallest absolute Gasteiger partial charge is 0.255 e. The van der Waals surface area contributed by atoms with Crippen molar-refractivity contribution in [2.45, 2.75) is 12.8 Å². The molecular formula is C23H19N3O. The van der Waals surface area contributed by atoms with Crippen LogP contribution in [-0.2, 0) is 6.42 Å².